The van der Waals surface area contributed by atoms with Crippen molar-refractivity contribution in [1.82, 2.24) is 5.32 Å². The van der Waals surface area contributed by atoms with Crippen molar-refractivity contribution in [3.05, 3.63) is 71.3 Å². The molecule has 0 aliphatic carbocycles. The third kappa shape index (κ3) is 5.53. The standard InChI is InChI=1S/C20H22N2O4/c21-17(20(25)26)11-4-5-12-22-19(24)16-10-6-9-15(13-16)18(23)14-7-2-1-3-8-14/h1-3,6-10,13,17H,4-5,11-12,21H2,(H,22,24)(H,25,26)/t17-/m1/s1. The smallest absolute Gasteiger partial charge is 0.320 e. The lowest BCUT2D eigenvalue weighted by molar-refractivity contribution is -0.138. The first-order chi connectivity index (χ1) is 12.5. The van der Waals surface area contributed by atoms with Gasteiger partial charge in [0.05, 0.1) is 0 Å². The van der Waals surface area contributed by atoms with E-state index in [-0.39, 0.29) is 11.7 Å². The molecule has 0 aliphatic rings. The van der Waals surface area contributed by atoms with Crippen molar-refractivity contribution in [3.63, 3.8) is 0 Å². The maximum atomic E-state index is 12.4. The molecule has 0 aromatic heterocycles. The Morgan fingerprint density at radius 1 is 0.923 bits per heavy atom. The van der Waals surface area contributed by atoms with Gasteiger partial charge in [-0.05, 0) is 31.4 Å². The van der Waals surface area contributed by atoms with Gasteiger partial charge < -0.3 is 16.2 Å². The van der Waals surface area contributed by atoms with E-state index in [1.54, 1.807) is 48.5 Å². The van der Waals surface area contributed by atoms with Crippen LogP contribution >= 0.6 is 0 Å². The number of nitrogens with two attached hydrogens (primary N) is 1. The van der Waals surface area contributed by atoms with Gasteiger partial charge in [0.15, 0.2) is 5.78 Å². The Morgan fingerprint density at radius 2 is 1.58 bits per heavy atom. The maximum Gasteiger partial charge on any atom is 0.320 e. The van der Waals surface area contributed by atoms with Crippen LogP contribution in [0.1, 0.15) is 45.5 Å². The predicted octanol–water partition coefficient (Wildman–Crippen LogP) is 2.23. The number of carboxylic acids is 1. The zero-order valence-electron chi connectivity index (χ0n) is 14.4. The van der Waals surface area contributed by atoms with Crippen LogP contribution in [0.15, 0.2) is 54.6 Å². The minimum absolute atomic E-state index is 0.136. The lowest BCUT2D eigenvalue weighted by Crippen LogP contribution is -2.30. The summed E-state index contributed by atoms with van der Waals surface area (Å²) in [5.74, 6) is -1.42. The number of hydrogen-bond donors (Lipinski definition) is 3. The van der Waals surface area contributed by atoms with E-state index >= 15 is 0 Å². The van der Waals surface area contributed by atoms with Gasteiger partial charge in [-0.25, -0.2) is 0 Å². The quantitative estimate of drug-likeness (QED) is 0.472. The van der Waals surface area contributed by atoms with Crippen molar-refractivity contribution in [1.29, 1.82) is 0 Å². The van der Waals surface area contributed by atoms with Crippen molar-refractivity contribution in [2.75, 3.05) is 6.54 Å². The SMILES string of the molecule is N[C@H](CCCCNC(=O)c1cccc(C(=O)c2ccccc2)c1)C(=O)O. The normalized spacial score (nSPS) is 11.6. The van der Waals surface area contributed by atoms with Crippen LogP contribution in [-0.4, -0.2) is 35.4 Å². The van der Waals surface area contributed by atoms with E-state index in [9.17, 15) is 14.4 Å². The number of nitrogens with one attached hydrogen (secondary N) is 1. The minimum atomic E-state index is -1.02. The summed E-state index contributed by atoms with van der Waals surface area (Å²) < 4.78 is 0. The Kier molecular flexibility index (Phi) is 7.05. The molecular formula is C20H22N2O4. The molecule has 2 aromatic rings. The highest BCUT2D eigenvalue weighted by molar-refractivity contribution is 6.10. The van der Waals surface area contributed by atoms with Crippen molar-refractivity contribution < 1.29 is 19.5 Å². The first-order valence-corrected chi connectivity index (χ1v) is 8.45. The van der Waals surface area contributed by atoms with E-state index in [1.807, 2.05) is 6.07 Å². The maximum absolute atomic E-state index is 12.4. The number of aliphatic carboxylic acids is 1. The van der Waals surface area contributed by atoms with Gasteiger partial charge in [-0.2, -0.15) is 0 Å². The number of carbonyl (C=O) groups excluding carboxylic acids is 2. The molecule has 0 aliphatic heterocycles. The summed E-state index contributed by atoms with van der Waals surface area (Å²) in [6.45, 7) is 0.419. The first-order valence-electron chi connectivity index (χ1n) is 8.45. The molecule has 0 saturated heterocycles. The average molecular weight is 354 g/mol. The Labute approximate surface area is 152 Å². The van der Waals surface area contributed by atoms with E-state index in [2.05, 4.69) is 5.32 Å². The van der Waals surface area contributed by atoms with Crippen LogP contribution in [0.5, 0.6) is 0 Å². The number of carbonyl (C=O) groups is 3. The van der Waals surface area contributed by atoms with Crippen molar-refractivity contribution >= 4 is 17.7 Å². The molecule has 26 heavy (non-hydrogen) atoms. The Bertz CT molecular complexity index is 774. The molecule has 0 unspecified atom stereocenters. The first kappa shape index (κ1) is 19.3. The molecule has 6 heteroatoms. The fourth-order valence-corrected chi connectivity index (χ4v) is 2.47. The molecule has 0 fully saturated rings. The largest absolute Gasteiger partial charge is 0.480 e. The fraction of sp³-hybridized carbons (Fsp3) is 0.250. The average Bonchev–Trinajstić information content (AvgIpc) is 2.67. The van der Waals surface area contributed by atoms with Crippen LogP contribution in [0.25, 0.3) is 0 Å². The summed E-state index contributed by atoms with van der Waals surface area (Å²) in [7, 11) is 0. The molecule has 6 nitrogen and oxygen atoms in total. The van der Waals surface area contributed by atoms with Gasteiger partial charge in [0.2, 0.25) is 0 Å². The number of amides is 1. The highest BCUT2D eigenvalue weighted by Gasteiger charge is 2.13. The molecule has 1 atom stereocenters. The monoisotopic (exact) mass is 354 g/mol. The van der Waals surface area contributed by atoms with E-state index in [0.717, 1.165) is 0 Å². The zero-order valence-corrected chi connectivity index (χ0v) is 14.4. The Morgan fingerprint density at radius 3 is 2.27 bits per heavy atom. The number of benzene rings is 2. The van der Waals surface area contributed by atoms with Crippen molar-refractivity contribution in [2.24, 2.45) is 5.73 Å². The lowest BCUT2D eigenvalue weighted by atomic mass is 10.0. The highest BCUT2D eigenvalue weighted by Crippen LogP contribution is 2.12. The van der Waals surface area contributed by atoms with Crippen LogP contribution in [-0.2, 0) is 4.79 Å². The molecule has 0 spiro atoms. The highest BCUT2D eigenvalue weighted by atomic mass is 16.4. The molecule has 0 radical (unpaired) electrons. The molecule has 4 N–H and O–H groups in total. The summed E-state index contributed by atoms with van der Waals surface area (Å²) in [5.41, 5.74) is 6.86. The summed E-state index contributed by atoms with van der Waals surface area (Å²) in [4.78, 5) is 35.3. The second-order valence-electron chi connectivity index (χ2n) is 5.97. The molecule has 0 heterocycles. The molecular weight excluding hydrogens is 332 g/mol. The van der Waals surface area contributed by atoms with E-state index in [0.29, 0.717) is 42.5 Å². The van der Waals surface area contributed by atoms with Gasteiger partial charge in [0.25, 0.3) is 5.91 Å². The third-order valence-corrected chi connectivity index (χ3v) is 3.97. The number of ketones is 1. The molecule has 136 valence electrons. The second-order valence-corrected chi connectivity index (χ2v) is 5.97. The van der Waals surface area contributed by atoms with Crippen LogP contribution in [0.3, 0.4) is 0 Å². The van der Waals surface area contributed by atoms with Gasteiger partial charge in [0.1, 0.15) is 6.04 Å². The molecule has 0 bridgehead atoms. The van der Waals surface area contributed by atoms with Crippen molar-refractivity contribution in [3.8, 4) is 0 Å². The summed E-state index contributed by atoms with van der Waals surface area (Å²) in [6.07, 6.45) is 1.61. The van der Waals surface area contributed by atoms with E-state index in [4.69, 9.17) is 10.8 Å². The van der Waals surface area contributed by atoms with Crippen LogP contribution < -0.4 is 11.1 Å². The van der Waals surface area contributed by atoms with Gasteiger partial charge in [0, 0.05) is 23.2 Å². The number of rotatable bonds is 9. The van der Waals surface area contributed by atoms with Crippen LogP contribution in [0.2, 0.25) is 0 Å². The topological polar surface area (TPSA) is 109 Å². The molecule has 2 rings (SSSR count). The molecule has 2 aromatic carbocycles. The van der Waals surface area contributed by atoms with Gasteiger partial charge in [-0.3, -0.25) is 14.4 Å². The zero-order chi connectivity index (χ0) is 18.9. The minimum Gasteiger partial charge on any atom is -0.480 e. The Hall–Kier alpha value is -2.99. The number of carboxylic acid groups (broad SMARTS) is 1. The van der Waals surface area contributed by atoms with Crippen LogP contribution in [0, 0.1) is 0 Å². The van der Waals surface area contributed by atoms with Crippen molar-refractivity contribution in [2.45, 2.75) is 25.3 Å². The lowest BCUT2D eigenvalue weighted by Gasteiger charge is -2.08. The summed E-state index contributed by atoms with van der Waals surface area (Å²) in [6, 6.07) is 14.6. The number of hydrogen-bond acceptors (Lipinski definition) is 4. The van der Waals surface area contributed by atoms with Gasteiger partial charge >= 0.3 is 5.97 Å². The van der Waals surface area contributed by atoms with E-state index in [1.165, 1.54) is 0 Å². The fourth-order valence-electron chi connectivity index (χ4n) is 2.47. The predicted molar refractivity (Wildman–Crippen MR) is 98.1 cm³/mol. The van der Waals surface area contributed by atoms with Gasteiger partial charge in [-0.15, -0.1) is 0 Å². The third-order valence-electron chi connectivity index (χ3n) is 3.97. The second kappa shape index (κ2) is 9.48. The summed E-state index contributed by atoms with van der Waals surface area (Å²) in [5, 5.41) is 11.5. The Balaban J connectivity index is 1.88. The summed E-state index contributed by atoms with van der Waals surface area (Å²) >= 11 is 0. The van der Waals surface area contributed by atoms with Gasteiger partial charge in [-0.1, -0.05) is 42.5 Å². The van der Waals surface area contributed by atoms with Crippen LogP contribution in [0.4, 0.5) is 0 Å². The number of unbranched alkanes of at least 4 members (excludes halogenated alkanes) is 1. The molecule has 0 saturated carbocycles. The molecule has 1 amide bonds. The van der Waals surface area contributed by atoms with E-state index < -0.39 is 12.0 Å².